The van der Waals surface area contributed by atoms with Crippen LogP contribution in [0.1, 0.15) is 48.6 Å². The molecule has 0 bridgehead atoms. The normalized spacial score (nSPS) is 17.0. The Balaban J connectivity index is 1.68. The maximum Gasteiger partial charge on any atom is 0.238 e. The average molecular weight is 387 g/mol. The monoisotopic (exact) mass is 386 g/mol. The SMILES string of the molecule is Cc1cccc(C(C)C)c1NC(=O)CN(Cc1cccs1)CC1CCCO1. The van der Waals surface area contributed by atoms with Crippen LogP contribution in [0.4, 0.5) is 5.69 Å². The quantitative estimate of drug-likeness (QED) is 0.708. The first-order valence-electron chi connectivity index (χ1n) is 9.78. The maximum atomic E-state index is 12.9. The number of rotatable bonds is 8. The van der Waals surface area contributed by atoms with Crippen LogP contribution in [0, 0.1) is 6.92 Å². The van der Waals surface area contributed by atoms with Gasteiger partial charge in [-0.25, -0.2) is 0 Å². The van der Waals surface area contributed by atoms with Crippen molar-refractivity contribution >= 4 is 22.9 Å². The highest BCUT2D eigenvalue weighted by Crippen LogP contribution is 2.27. The van der Waals surface area contributed by atoms with Crippen molar-refractivity contribution in [3.63, 3.8) is 0 Å². The predicted octanol–water partition coefficient (Wildman–Crippen LogP) is 4.80. The zero-order valence-corrected chi connectivity index (χ0v) is 17.3. The number of amides is 1. The van der Waals surface area contributed by atoms with Gasteiger partial charge in [0.25, 0.3) is 0 Å². The van der Waals surface area contributed by atoms with Gasteiger partial charge < -0.3 is 10.1 Å². The van der Waals surface area contributed by atoms with E-state index in [1.165, 1.54) is 10.4 Å². The number of nitrogens with one attached hydrogen (secondary N) is 1. The van der Waals surface area contributed by atoms with Crippen molar-refractivity contribution in [3.8, 4) is 0 Å². The van der Waals surface area contributed by atoms with Gasteiger partial charge in [-0.3, -0.25) is 9.69 Å². The van der Waals surface area contributed by atoms with Crippen LogP contribution in [-0.4, -0.2) is 36.6 Å². The molecule has 1 amide bonds. The van der Waals surface area contributed by atoms with Gasteiger partial charge in [0.1, 0.15) is 0 Å². The fourth-order valence-corrected chi connectivity index (χ4v) is 4.35. The molecule has 1 atom stereocenters. The van der Waals surface area contributed by atoms with E-state index in [1.54, 1.807) is 11.3 Å². The number of thiophene rings is 1. The number of ether oxygens (including phenoxy) is 1. The van der Waals surface area contributed by atoms with Gasteiger partial charge in [-0.15, -0.1) is 11.3 Å². The van der Waals surface area contributed by atoms with Crippen molar-refractivity contribution in [1.82, 2.24) is 4.90 Å². The van der Waals surface area contributed by atoms with E-state index in [1.807, 2.05) is 0 Å². The van der Waals surface area contributed by atoms with Crippen LogP contribution in [0.25, 0.3) is 0 Å². The van der Waals surface area contributed by atoms with Crippen LogP contribution < -0.4 is 5.32 Å². The largest absolute Gasteiger partial charge is 0.377 e. The number of anilines is 1. The van der Waals surface area contributed by atoms with Crippen LogP contribution in [0.3, 0.4) is 0 Å². The molecular formula is C22H30N2O2S. The highest BCUT2D eigenvalue weighted by atomic mass is 32.1. The summed E-state index contributed by atoms with van der Waals surface area (Å²) in [5.74, 6) is 0.412. The summed E-state index contributed by atoms with van der Waals surface area (Å²) in [5, 5.41) is 5.26. The first-order valence-corrected chi connectivity index (χ1v) is 10.7. The lowest BCUT2D eigenvalue weighted by molar-refractivity contribution is -0.117. The number of hydrogen-bond acceptors (Lipinski definition) is 4. The first kappa shape index (κ1) is 20.1. The van der Waals surface area contributed by atoms with E-state index in [0.29, 0.717) is 12.5 Å². The van der Waals surface area contributed by atoms with E-state index in [2.05, 4.69) is 66.7 Å². The molecule has 2 heterocycles. The summed E-state index contributed by atoms with van der Waals surface area (Å²) in [6, 6.07) is 10.4. The third-order valence-corrected chi connectivity index (χ3v) is 5.87. The number of benzene rings is 1. The molecule has 4 nitrogen and oxygen atoms in total. The summed E-state index contributed by atoms with van der Waals surface area (Å²) in [7, 11) is 0. The van der Waals surface area contributed by atoms with Gasteiger partial charge in [0.05, 0.1) is 12.6 Å². The van der Waals surface area contributed by atoms with E-state index in [9.17, 15) is 4.79 Å². The second-order valence-electron chi connectivity index (χ2n) is 7.63. The highest BCUT2D eigenvalue weighted by Gasteiger charge is 2.22. The summed E-state index contributed by atoms with van der Waals surface area (Å²) < 4.78 is 5.80. The standard InChI is InChI=1S/C22H30N2O2S/c1-16(2)20-10-4-7-17(3)22(20)23-21(25)15-24(13-18-8-5-11-26-18)14-19-9-6-12-27-19/h4,6-7,9-10,12,16,18H,5,8,11,13-15H2,1-3H3,(H,23,25). The minimum absolute atomic E-state index is 0.0424. The summed E-state index contributed by atoms with van der Waals surface area (Å²) in [6.45, 7) is 9.17. The molecular weight excluding hydrogens is 356 g/mol. The Morgan fingerprint density at radius 2 is 2.19 bits per heavy atom. The summed E-state index contributed by atoms with van der Waals surface area (Å²) in [5.41, 5.74) is 3.26. The zero-order chi connectivity index (χ0) is 19.2. The Morgan fingerprint density at radius 1 is 1.33 bits per heavy atom. The van der Waals surface area contributed by atoms with Gasteiger partial charge in [0.15, 0.2) is 0 Å². The second kappa shape index (κ2) is 9.49. The molecule has 3 rings (SSSR count). The lowest BCUT2D eigenvalue weighted by atomic mass is 9.98. The van der Waals surface area contributed by atoms with E-state index >= 15 is 0 Å². The number of para-hydroxylation sites is 1. The molecule has 27 heavy (non-hydrogen) atoms. The number of hydrogen-bond donors (Lipinski definition) is 1. The smallest absolute Gasteiger partial charge is 0.238 e. The summed E-state index contributed by atoms with van der Waals surface area (Å²) >= 11 is 1.73. The highest BCUT2D eigenvalue weighted by molar-refractivity contribution is 7.09. The molecule has 0 aliphatic carbocycles. The number of nitrogens with zero attached hydrogens (tertiary/aromatic N) is 1. The van der Waals surface area contributed by atoms with Crippen molar-refractivity contribution in [2.45, 2.75) is 52.2 Å². The number of aryl methyl sites for hydroxylation is 1. The molecule has 2 aromatic rings. The minimum Gasteiger partial charge on any atom is -0.377 e. The van der Waals surface area contributed by atoms with Crippen LogP contribution >= 0.6 is 11.3 Å². The van der Waals surface area contributed by atoms with Gasteiger partial charge in [-0.05, 0) is 48.3 Å². The predicted molar refractivity (Wildman–Crippen MR) is 112 cm³/mol. The van der Waals surface area contributed by atoms with Gasteiger partial charge in [0.2, 0.25) is 5.91 Å². The minimum atomic E-state index is 0.0424. The van der Waals surface area contributed by atoms with Gasteiger partial charge >= 0.3 is 0 Å². The first-order chi connectivity index (χ1) is 13.0. The van der Waals surface area contributed by atoms with Gasteiger partial charge in [0, 0.05) is 30.3 Å². The third kappa shape index (κ3) is 5.64. The molecule has 5 heteroatoms. The summed E-state index contributed by atoms with van der Waals surface area (Å²) in [4.78, 5) is 16.4. The van der Waals surface area contributed by atoms with Crippen molar-refractivity contribution in [3.05, 3.63) is 51.7 Å². The van der Waals surface area contributed by atoms with E-state index < -0.39 is 0 Å². The Bertz CT molecular complexity index is 737. The molecule has 1 aromatic carbocycles. The molecule has 1 fully saturated rings. The van der Waals surface area contributed by atoms with Crippen LogP contribution in [0.5, 0.6) is 0 Å². The van der Waals surface area contributed by atoms with Crippen LogP contribution in [0.2, 0.25) is 0 Å². The number of carbonyl (C=O) groups is 1. The van der Waals surface area contributed by atoms with Crippen molar-refractivity contribution in [2.75, 3.05) is 25.0 Å². The van der Waals surface area contributed by atoms with Crippen molar-refractivity contribution in [1.29, 1.82) is 0 Å². The molecule has 1 saturated heterocycles. The fraction of sp³-hybridized carbons (Fsp3) is 0.500. The Hall–Kier alpha value is -1.69. The van der Waals surface area contributed by atoms with Crippen LogP contribution in [0.15, 0.2) is 35.7 Å². The molecule has 146 valence electrons. The molecule has 0 saturated carbocycles. The molecule has 1 aliphatic rings. The van der Waals surface area contributed by atoms with Crippen LogP contribution in [-0.2, 0) is 16.1 Å². The molecule has 1 aromatic heterocycles. The van der Waals surface area contributed by atoms with Gasteiger partial charge in [-0.2, -0.15) is 0 Å². The maximum absolute atomic E-state index is 12.9. The second-order valence-corrected chi connectivity index (χ2v) is 8.66. The van der Waals surface area contributed by atoms with Gasteiger partial charge in [-0.1, -0.05) is 38.1 Å². The number of carbonyl (C=O) groups excluding carboxylic acids is 1. The average Bonchev–Trinajstić information content (AvgIpc) is 3.30. The summed E-state index contributed by atoms with van der Waals surface area (Å²) in [6.07, 6.45) is 2.44. The van der Waals surface area contributed by atoms with E-state index in [4.69, 9.17) is 4.74 Å². The Kier molecular flexibility index (Phi) is 7.05. The lowest BCUT2D eigenvalue weighted by Crippen LogP contribution is -2.38. The molecule has 1 N–H and O–H groups in total. The van der Waals surface area contributed by atoms with E-state index in [0.717, 1.165) is 43.8 Å². The molecule has 0 spiro atoms. The molecule has 1 unspecified atom stereocenters. The van der Waals surface area contributed by atoms with E-state index in [-0.39, 0.29) is 12.0 Å². The fourth-order valence-electron chi connectivity index (χ4n) is 3.61. The lowest BCUT2D eigenvalue weighted by Gasteiger charge is -2.25. The zero-order valence-electron chi connectivity index (χ0n) is 16.5. The third-order valence-electron chi connectivity index (χ3n) is 5.00. The van der Waals surface area contributed by atoms with Crippen molar-refractivity contribution in [2.24, 2.45) is 0 Å². The molecule has 0 radical (unpaired) electrons. The Morgan fingerprint density at radius 3 is 2.85 bits per heavy atom. The van der Waals surface area contributed by atoms with Crippen molar-refractivity contribution < 1.29 is 9.53 Å². The Labute approximate surface area is 166 Å². The molecule has 1 aliphatic heterocycles. The topological polar surface area (TPSA) is 41.6 Å².